The van der Waals surface area contributed by atoms with Gasteiger partial charge in [-0.1, -0.05) is 11.6 Å². The SMILES string of the molecule is COc1ccc(C(=O)NCc2ccc(Cl)s2)cc1OC. The van der Waals surface area contributed by atoms with Crippen molar-refractivity contribution in [3.8, 4) is 11.5 Å². The van der Waals surface area contributed by atoms with Gasteiger partial charge in [0, 0.05) is 10.4 Å². The lowest BCUT2D eigenvalue weighted by molar-refractivity contribution is 0.0951. The molecule has 20 heavy (non-hydrogen) atoms. The van der Waals surface area contributed by atoms with Gasteiger partial charge < -0.3 is 14.8 Å². The van der Waals surface area contributed by atoms with Crippen molar-refractivity contribution in [2.24, 2.45) is 0 Å². The lowest BCUT2D eigenvalue weighted by atomic mass is 10.2. The lowest BCUT2D eigenvalue weighted by Crippen LogP contribution is -2.22. The fourth-order valence-corrected chi connectivity index (χ4v) is 2.72. The summed E-state index contributed by atoms with van der Waals surface area (Å²) in [4.78, 5) is 13.1. The molecular formula is C14H14ClNO3S. The Bertz CT molecular complexity index is 612. The van der Waals surface area contributed by atoms with E-state index in [0.29, 0.717) is 27.9 Å². The molecule has 1 aromatic carbocycles. The first kappa shape index (κ1) is 14.7. The number of methoxy groups -OCH3 is 2. The molecule has 1 amide bonds. The number of carbonyl (C=O) groups is 1. The molecule has 1 N–H and O–H groups in total. The number of benzene rings is 1. The zero-order valence-corrected chi connectivity index (χ0v) is 12.7. The van der Waals surface area contributed by atoms with E-state index in [0.717, 1.165) is 4.88 Å². The third-order valence-electron chi connectivity index (χ3n) is 2.70. The maximum Gasteiger partial charge on any atom is 0.251 e. The van der Waals surface area contributed by atoms with Crippen LogP contribution < -0.4 is 14.8 Å². The highest BCUT2D eigenvalue weighted by Gasteiger charge is 2.10. The summed E-state index contributed by atoms with van der Waals surface area (Å²) in [6.45, 7) is 0.449. The third kappa shape index (κ3) is 3.43. The number of halogens is 1. The van der Waals surface area contributed by atoms with Crippen LogP contribution in [0.25, 0.3) is 0 Å². The average Bonchev–Trinajstić information content (AvgIpc) is 2.89. The molecular weight excluding hydrogens is 298 g/mol. The van der Waals surface area contributed by atoms with E-state index in [-0.39, 0.29) is 5.91 Å². The molecule has 0 aliphatic rings. The van der Waals surface area contributed by atoms with E-state index < -0.39 is 0 Å². The van der Waals surface area contributed by atoms with Crippen LogP contribution in [0.2, 0.25) is 4.34 Å². The number of ether oxygens (including phenoxy) is 2. The number of amides is 1. The van der Waals surface area contributed by atoms with Crippen molar-refractivity contribution in [3.05, 3.63) is 45.1 Å². The minimum Gasteiger partial charge on any atom is -0.493 e. The molecule has 0 aliphatic carbocycles. The number of thiophene rings is 1. The molecule has 1 heterocycles. The zero-order valence-electron chi connectivity index (χ0n) is 11.1. The van der Waals surface area contributed by atoms with E-state index >= 15 is 0 Å². The maximum absolute atomic E-state index is 12.1. The van der Waals surface area contributed by atoms with Crippen molar-refractivity contribution in [1.82, 2.24) is 5.32 Å². The van der Waals surface area contributed by atoms with Crippen molar-refractivity contribution in [3.63, 3.8) is 0 Å². The van der Waals surface area contributed by atoms with Gasteiger partial charge in [-0.15, -0.1) is 11.3 Å². The summed E-state index contributed by atoms with van der Waals surface area (Å²) in [5.41, 5.74) is 0.519. The fraction of sp³-hybridized carbons (Fsp3) is 0.214. The van der Waals surface area contributed by atoms with Crippen molar-refractivity contribution in [2.45, 2.75) is 6.54 Å². The Hall–Kier alpha value is -1.72. The van der Waals surface area contributed by atoms with Crippen LogP contribution in [0.1, 0.15) is 15.2 Å². The Morgan fingerprint density at radius 1 is 1.20 bits per heavy atom. The first-order valence-electron chi connectivity index (χ1n) is 5.88. The molecule has 0 atom stereocenters. The van der Waals surface area contributed by atoms with Gasteiger partial charge in [-0.05, 0) is 30.3 Å². The Balaban J connectivity index is 2.05. The molecule has 1 aromatic heterocycles. The number of nitrogens with one attached hydrogen (secondary N) is 1. The van der Waals surface area contributed by atoms with Gasteiger partial charge in [-0.3, -0.25) is 4.79 Å². The van der Waals surface area contributed by atoms with Crippen molar-refractivity contribution < 1.29 is 14.3 Å². The molecule has 2 aromatic rings. The van der Waals surface area contributed by atoms with Gasteiger partial charge in [0.05, 0.1) is 25.1 Å². The van der Waals surface area contributed by atoms with E-state index in [1.165, 1.54) is 18.4 Å². The quantitative estimate of drug-likeness (QED) is 0.921. The summed E-state index contributed by atoms with van der Waals surface area (Å²) in [7, 11) is 3.09. The van der Waals surface area contributed by atoms with E-state index in [9.17, 15) is 4.79 Å². The number of carbonyl (C=O) groups excluding carboxylic acids is 1. The summed E-state index contributed by atoms with van der Waals surface area (Å²) in [6, 6.07) is 8.75. The van der Waals surface area contributed by atoms with E-state index in [4.69, 9.17) is 21.1 Å². The van der Waals surface area contributed by atoms with Gasteiger partial charge in [-0.2, -0.15) is 0 Å². The van der Waals surface area contributed by atoms with Crippen LogP contribution in [0.4, 0.5) is 0 Å². The highest BCUT2D eigenvalue weighted by Crippen LogP contribution is 2.27. The summed E-state index contributed by atoms with van der Waals surface area (Å²) >= 11 is 7.29. The van der Waals surface area contributed by atoms with Crippen molar-refractivity contribution in [2.75, 3.05) is 14.2 Å². The predicted molar refractivity (Wildman–Crippen MR) is 80.0 cm³/mol. The van der Waals surface area contributed by atoms with Crippen LogP contribution in [0, 0.1) is 0 Å². The van der Waals surface area contributed by atoms with Crippen LogP contribution in [0.15, 0.2) is 30.3 Å². The van der Waals surface area contributed by atoms with Crippen LogP contribution in [-0.4, -0.2) is 20.1 Å². The minimum absolute atomic E-state index is 0.171. The second-order valence-electron chi connectivity index (χ2n) is 3.96. The summed E-state index contributed by atoms with van der Waals surface area (Å²) in [5, 5.41) is 2.83. The average molecular weight is 312 g/mol. The standard InChI is InChI=1S/C14H14ClNO3S/c1-18-11-5-3-9(7-12(11)19-2)14(17)16-8-10-4-6-13(15)20-10/h3-7H,8H2,1-2H3,(H,16,17). The van der Waals surface area contributed by atoms with E-state index in [2.05, 4.69) is 5.32 Å². The molecule has 6 heteroatoms. The first-order chi connectivity index (χ1) is 9.63. The lowest BCUT2D eigenvalue weighted by Gasteiger charge is -2.09. The third-order valence-corrected chi connectivity index (χ3v) is 3.93. The van der Waals surface area contributed by atoms with Crippen LogP contribution in [0.5, 0.6) is 11.5 Å². The van der Waals surface area contributed by atoms with Crippen molar-refractivity contribution in [1.29, 1.82) is 0 Å². The van der Waals surface area contributed by atoms with Gasteiger partial charge in [0.25, 0.3) is 5.91 Å². The Morgan fingerprint density at radius 3 is 2.55 bits per heavy atom. The minimum atomic E-state index is -0.171. The highest BCUT2D eigenvalue weighted by molar-refractivity contribution is 7.16. The van der Waals surface area contributed by atoms with Gasteiger partial charge >= 0.3 is 0 Å². The molecule has 0 saturated carbocycles. The highest BCUT2D eigenvalue weighted by atomic mass is 35.5. The number of hydrogen-bond acceptors (Lipinski definition) is 4. The van der Waals surface area contributed by atoms with Crippen LogP contribution in [0.3, 0.4) is 0 Å². The van der Waals surface area contributed by atoms with Gasteiger partial charge in [0.15, 0.2) is 11.5 Å². The second-order valence-corrected chi connectivity index (χ2v) is 5.76. The predicted octanol–water partition coefficient (Wildman–Crippen LogP) is 3.35. The molecule has 4 nitrogen and oxygen atoms in total. The first-order valence-corrected chi connectivity index (χ1v) is 7.08. The van der Waals surface area contributed by atoms with Crippen molar-refractivity contribution >= 4 is 28.8 Å². The fourth-order valence-electron chi connectivity index (χ4n) is 1.69. The molecule has 0 saturated heterocycles. The van der Waals surface area contributed by atoms with E-state index in [1.54, 1.807) is 25.3 Å². The molecule has 106 valence electrons. The molecule has 0 spiro atoms. The maximum atomic E-state index is 12.1. The molecule has 2 rings (SSSR count). The van der Waals surface area contributed by atoms with Gasteiger partial charge in [-0.25, -0.2) is 0 Å². The Morgan fingerprint density at radius 2 is 1.95 bits per heavy atom. The van der Waals surface area contributed by atoms with Gasteiger partial charge in [0.1, 0.15) is 0 Å². The molecule has 0 bridgehead atoms. The van der Waals surface area contributed by atoms with Crippen LogP contribution in [-0.2, 0) is 6.54 Å². The molecule has 0 aliphatic heterocycles. The Kier molecular flexibility index (Phi) is 4.87. The van der Waals surface area contributed by atoms with Gasteiger partial charge in [0.2, 0.25) is 0 Å². The number of hydrogen-bond donors (Lipinski definition) is 1. The second kappa shape index (κ2) is 6.63. The molecule has 0 radical (unpaired) electrons. The normalized spacial score (nSPS) is 10.2. The summed E-state index contributed by atoms with van der Waals surface area (Å²) in [6.07, 6.45) is 0. The largest absolute Gasteiger partial charge is 0.493 e. The topological polar surface area (TPSA) is 47.6 Å². The monoisotopic (exact) mass is 311 g/mol. The Labute approximate surface area is 126 Å². The smallest absolute Gasteiger partial charge is 0.251 e. The van der Waals surface area contributed by atoms with Crippen LogP contribution >= 0.6 is 22.9 Å². The molecule has 0 unspecified atom stereocenters. The molecule has 0 fully saturated rings. The number of rotatable bonds is 5. The zero-order chi connectivity index (χ0) is 14.5. The summed E-state index contributed by atoms with van der Waals surface area (Å²) in [5.74, 6) is 0.948. The summed E-state index contributed by atoms with van der Waals surface area (Å²) < 4.78 is 11.0. The van der Waals surface area contributed by atoms with E-state index in [1.807, 2.05) is 12.1 Å².